The van der Waals surface area contributed by atoms with Gasteiger partial charge in [0.15, 0.2) is 11.6 Å². The van der Waals surface area contributed by atoms with E-state index in [-0.39, 0.29) is 17.6 Å². The molecule has 3 heterocycles. The fourth-order valence-electron chi connectivity index (χ4n) is 3.37. The van der Waals surface area contributed by atoms with Crippen LogP contribution >= 0.6 is 0 Å². The summed E-state index contributed by atoms with van der Waals surface area (Å²) in [6, 6.07) is 8.84. The van der Waals surface area contributed by atoms with Crippen molar-refractivity contribution in [3.05, 3.63) is 54.9 Å². The zero-order valence-corrected chi connectivity index (χ0v) is 16.0. The third kappa shape index (κ3) is 4.29. The van der Waals surface area contributed by atoms with Crippen molar-refractivity contribution in [3.8, 4) is 5.82 Å². The Balaban J connectivity index is 1.35. The van der Waals surface area contributed by atoms with Crippen LogP contribution in [0.2, 0.25) is 0 Å². The van der Waals surface area contributed by atoms with E-state index in [1.54, 1.807) is 35.3 Å². The topological polar surface area (TPSA) is 106 Å². The van der Waals surface area contributed by atoms with Crippen LogP contribution in [-0.4, -0.2) is 49.5 Å². The number of anilines is 2. The Morgan fingerprint density at radius 2 is 1.76 bits per heavy atom. The molecule has 1 fully saturated rings. The second-order valence-electron chi connectivity index (χ2n) is 6.96. The Bertz CT molecular complexity index is 994. The zero-order chi connectivity index (χ0) is 20.2. The van der Waals surface area contributed by atoms with Crippen LogP contribution in [0.5, 0.6) is 0 Å². The predicted octanol–water partition coefficient (Wildman–Crippen LogP) is 2.12. The average molecular weight is 391 g/mol. The Labute approximate surface area is 167 Å². The van der Waals surface area contributed by atoms with E-state index in [1.165, 1.54) is 19.6 Å². The summed E-state index contributed by atoms with van der Waals surface area (Å²) >= 11 is 0. The third-order valence-corrected chi connectivity index (χ3v) is 5.04. The van der Waals surface area contributed by atoms with E-state index in [0.29, 0.717) is 17.1 Å². The van der Waals surface area contributed by atoms with Crippen molar-refractivity contribution in [2.75, 3.05) is 23.3 Å². The van der Waals surface area contributed by atoms with Gasteiger partial charge in [0.05, 0.1) is 0 Å². The molecule has 0 radical (unpaired) electrons. The van der Waals surface area contributed by atoms with Crippen molar-refractivity contribution < 1.29 is 9.59 Å². The predicted molar refractivity (Wildman–Crippen MR) is 107 cm³/mol. The van der Waals surface area contributed by atoms with Gasteiger partial charge < -0.3 is 10.2 Å². The lowest BCUT2D eigenvalue weighted by Crippen LogP contribution is -2.38. The van der Waals surface area contributed by atoms with Crippen molar-refractivity contribution in [2.45, 2.75) is 19.8 Å². The number of carbonyl (C=O) groups excluding carboxylic acids is 2. The SMILES string of the molecule is CC(=O)c1ccc(NC(=O)C2CCN(c3cc(-n4cncn4)ncn3)CC2)cc1. The number of nitrogens with one attached hydrogen (secondary N) is 1. The Morgan fingerprint density at radius 1 is 1.03 bits per heavy atom. The molecular weight excluding hydrogens is 370 g/mol. The fraction of sp³-hybridized carbons (Fsp3) is 0.300. The van der Waals surface area contributed by atoms with Gasteiger partial charge >= 0.3 is 0 Å². The van der Waals surface area contributed by atoms with Gasteiger partial charge in [-0.25, -0.2) is 19.6 Å². The number of Topliss-reactive ketones (excluding diaryl/α,β-unsaturated/α-hetero) is 1. The van der Waals surface area contributed by atoms with Crippen LogP contribution in [0, 0.1) is 5.92 Å². The van der Waals surface area contributed by atoms with E-state index in [4.69, 9.17) is 0 Å². The van der Waals surface area contributed by atoms with Gasteiger partial charge in [-0.2, -0.15) is 5.10 Å². The lowest BCUT2D eigenvalue weighted by atomic mass is 9.95. The van der Waals surface area contributed by atoms with Gasteiger partial charge in [0.1, 0.15) is 24.8 Å². The van der Waals surface area contributed by atoms with Gasteiger partial charge in [-0.1, -0.05) is 0 Å². The standard InChI is InChI=1S/C20H21N7O2/c1-14(28)15-2-4-17(5-3-15)25-20(29)16-6-8-26(9-7-16)18-10-19(23-12-22-18)27-13-21-11-24-27/h2-5,10-13,16H,6-9H2,1H3,(H,25,29). The maximum atomic E-state index is 12.6. The molecule has 0 atom stereocenters. The van der Waals surface area contributed by atoms with E-state index < -0.39 is 0 Å². The number of ketones is 1. The summed E-state index contributed by atoms with van der Waals surface area (Å²) in [5, 5.41) is 7.04. The van der Waals surface area contributed by atoms with Gasteiger partial charge in [-0.15, -0.1) is 0 Å². The number of hydrogen-bond donors (Lipinski definition) is 1. The number of hydrogen-bond acceptors (Lipinski definition) is 7. The Kier molecular flexibility index (Phi) is 5.28. The number of nitrogens with zero attached hydrogens (tertiary/aromatic N) is 6. The lowest BCUT2D eigenvalue weighted by molar-refractivity contribution is -0.120. The molecule has 1 saturated heterocycles. The molecule has 148 valence electrons. The molecule has 1 aromatic carbocycles. The van der Waals surface area contributed by atoms with E-state index in [9.17, 15) is 9.59 Å². The molecule has 9 nitrogen and oxygen atoms in total. The molecule has 1 aliphatic heterocycles. The van der Waals surface area contributed by atoms with Crippen molar-refractivity contribution >= 4 is 23.2 Å². The first-order valence-corrected chi connectivity index (χ1v) is 9.44. The minimum Gasteiger partial charge on any atom is -0.356 e. The summed E-state index contributed by atoms with van der Waals surface area (Å²) < 4.78 is 1.59. The molecule has 1 N–H and O–H groups in total. The van der Waals surface area contributed by atoms with Crippen molar-refractivity contribution in [1.82, 2.24) is 24.7 Å². The quantitative estimate of drug-likeness (QED) is 0.664. The van der Waals surface area contributed by atoms with Crippen LogP contribution < -0.4 is 10.2 Å². The van der Waals surface area contributed by atoms with Gasteiger partial charge in [-0.3, -0.25) is 9.59 Å². The smallest absolute Gasteiger partial charge is 0.227 e. The molecule has 4 rings (SSSR count). The highest BCUT2D eigenvalue weighted by molar-refractivity contribution is 5.96. The van der Waals surface area contributed by atoms with Crippen molar-refractivity contribution in [3.63, 3.8) is 0 Å². The molecule has 1 amide bonds. The highest BCUT2D eigenvalue weighted by Gasteiger charge is 2.26. The Morgan fingerprint density at radius 3 is 2.41 bits per heavy atom. The van der Waals surface area contributed by atoms with Gasteiger partial charge in [0.2, 0.25) is 5.91 Å². The highest BCUT2D eigenvalue weighted by Crippen LogP contribution is 2.24. The fourth-order valence-corrected chi connectivity index (χ4v) is 3.37. The zero-order valence-electron chi connectivity index (χ0n) is 16.0. The summed E-state index contributed by atoms with van der Waals surface area (Å²) in [5.74, 6) is 1.42. The number of aromatic nitrogens is 5. The first-order valence-electron chi connectivity index (χ1n) is 9.44. The first-order chi connectivity index (χ1) is 14.1. The number of benzene rings is 1. The summed E-state index contributed by atoms with van der Waals surface area (Å²) in [6.07, 6.45) is 6.03. The maximum absolute atomic E-state index is 12.6. The van der Waals surface area contributed by atoms with Gasteiger partial charge in [0, 0.05) is 36.3 Å². The van der Waals surface area contributed by atoms with Crippen LogP contribution in [0.3, 0.4) is 0 Å². The van der Waals surface area contributed by atoms with Crippen molar-refractivity contribution in [1.29, 1.82) is 0 Å². The van der Waals surface area contributed by atoms with E-state index in [2.05, 4.69) is 30.3 Å². The average Bonchev–Trinajstić information content (AvgIpc) is 3.29. The number of rotatable bonds is 5. The minimum atomic E-state index is -0.0599. The molecule has 29 heavy (non-hydrogen) atoms. The molecule has 0 bridgehead atoms. The molecular formula is C20H21N7O2. The normalized spacial score (nSPS) is 14.6. The van der Waals surface area contributed by atoms with E-state index >= 15 is 0 Å². The molecule has 0 unspecified atom stereocenters. The lowest BCUT2D eigenvalue weighted by Gasteiger charge is -2.32. The molecule has 2 aromatic heterocycles. The second kappa shape index (κ2) is 8.17. The number of amides is 1. The largest absolute Gasteiger partial charge is 0.356 e. The van der Waals surface area contributed by atoms with Crippen LogP contribution in [0.1, 0.15) is 30.1 Å². The second-order valence-corrected chi connectivity index (χ2v) is 6.96. The van der Waals surface area contributed by atoms with Crippen LogP contribution in [-0.2, 0) is 4.79 Å². The third-order valence-electron chi connectivity index (χ3n) is 5.04. The van der Waals surface area contributed by atoms with Gasteiger partial charge in [0.25, 0.3) is 0 Å². The minimum absolute atomic E-state index is 0.00576. The summed E-state index contributed by atoms with van der Waals surface area (Å²) in [4.78, 5) is 38.6. The number of carbonyl (C=O) groups is 2. The molecule has 0 aliphatic carbocycles. The van der Waals surface area contributed by atoms with E-state index in [0.717, 1.165) is 31.7 Å². The van der Waals surface area contributed by atoms with E-state index in [1.807, 2.05) is 6.07 Å². The number of piperidine rings is 1. The Hall–Kier alpha value is -3.62. The van der Waals surface area contributed by atoms with Crippen molar-refractivity contribution in [2.24, 2.45) is 5.92 Å². The summed E-state index contributed by atoms with van der Waals surface area (Å²) in [6.45, 7) is 2.98. The first kappa shape index (κ1) is 18.7. The molecule has 1 aliphatic rings. The monoisotopic (exact) mass is 391 g/mol. The van der Waals surface area contributed by atoms with Crippen LogP contribution in [0.25, 0.3) is 5.82 Å². The molecule has 9 heteroatoms. The van der Waals surface area contributed by atoms with Gasteiger partial charge in [-0.05, 0) is 44.0 Å². The van der Waals surface area contributed by atoms with Crippen LogP contribution in [0.4, 0.5) is 11.5 Å². The summed E-state index contributed by atoms with van der Waals surface area (Å²) in [7, 11) is 0. The highest BCUT2D eigenvalue weighted by atomic mass is 16.2. The molecule has 0 saturated carbocycles. The summed E-state index contributed by atoms with van der Waals surface area (Å²) in [5.41, 5.74) is 1.34. The van der Waals surface area contributed by atoms with Crippen LogP contribution in [0.15, 0.2) is 49.3 Å². The molecule has 3 aromatic rings. The molecule has 0 spiro atoms. The maximum Gasteiger partial charge on any atom is 0.227 e.